The molecule has 0 bridgehead atoms. The SMILES string of the molecule is CCOc1ccc(CC(=O)OCc2csc(-c3ccc(OCC)c(OC)c3)n2)cc1. The van der Waals surface area contributed by atoms with Crippen molar-refractivity contribution < 1.29 is 23.7 Å². The molecular formula is C23H25NO5S. The predicted molar refractivity (Wildman–Crippen MR) is 116 cm³/mol. The van der Waals surface area contributed by atoms with Crippen LogP contribution in [0.1, 0.15) is 25.1 Å². The van der Waals surface area contributed by atoms with Crippen molar-refractivity contribution >= 4 is 17.3 Å². The molecule has 0 spiro atoms. The van der Waals surface area contributed by atoms with Crippen LogP contribution in [0.25, 0.3) is 10.6 Å². The first-order chi connectivity index (χ1) is 14.6. The van der Waals surface area contributed by atoms with Crippen LogP contribution in [0.15, 0.2) is 47.8 Å². The molecule has 0 aliphatic heterocycles. The monoisotopic (exact) mass is 427 g/mol. The first-order valence-electron chi connectivity index (χ1n) is 9.75. The fourth-order valence-corrected chi connectivity index (χ4v) is 3.62. The highest BCUT2D eigenvalue weighted by molar-refractivity contribution is 7.13. The minimum Gasteiger partial charge on any atom is -0.494 e. The molecule has 0 saturated carbocycles. The van der Waals surface area contributed by atoms with E-state index in [1.54, 1.807) is 7.11 Å². The lowest BCUT2D eigenvalue weighted by atomic mass is 10.1. The van der Waals surface area contributed by atoms with Gasteiger partial charge in [0.05, 0.1) is 32.4 Å². The van der Waals surface area contributed by atoms with Crippen LogP contribution in [0.3, 0.4) is 0 Å². The summed E-state index contributed by atoms with van der Waals surface area (Å²) in [4.78, 5) is 16.7. The maximum atomic E-state index is 12.1. The lowest BCUT2D eigenvalue weighted by Gasteiger charge is -2.10. The van der Waals surface area contributed by atoms with Gasteiger partial charge in [0.25, 0.3) is 0 Å². The Morgan fingerprint density at radius 1 is 1.00 bits per heavy atom. The summed E-state index contributed by atoms with van der Waals surface area (Å²) in [6, 6.07) is 13.1. The highest BCUT2D eigenvalue weighted by atomic mass is 32.1. The Morgan fingerprint density at radius 2 is 1.77 bits per heavy atom. The Balaban J connectivity index is 1.57. The van der Waals surface area contributed by atoms with Crippen LogP contribution in [-0.2, 0) is 22.6 Å². The van der Waals surface area contributed by atoms with E-state index in [0.717, 1.165) is 21.9 Å². The van der Waals surface area contributed by atoms with E-state index in [9.17, 15) is 4.79 Å². The van der Waals surface area contributed by atoms with E-state index < -0.39 is 0 Å². The number of hydrogen-bond acceptors (Lipinski definition) is 7. The third-order valence-corrected chi connectivity index (χ3v) is 5.17. The highest BCUT2D eigenvalue weighted by Gasteiger charge is 2.12. The highest BCUT2D eigenvalue weighted by Crippen LogP contribution is 2.33. The molecule has 0 fully saturated rings. The second-order valence-electron chi connectivity index (χ2n) is 6.36. The van der Waals surface area contributed by atoms with Gasteiger partial charge in [-0.05, 0) is 49.7 Å². The van der Waals surface area contributed by atoms with Crippen LogP contribution in [0.2, 0.25) is 0 Å². The van der Waals surface area contributed by atoms with Crippen molar-refractivity contribution in [2.24, 2.45) is 0 Å². The largest absolute Gasteiger partial charge is 0.494 e. The quantitative estimate of drug-likeness (QED) is 0.429. The van der Waals surface area contributed by atoms with Crippen LogP contribution in [0.4, 0.5) is 0 Å². The molecule has 0 radical (unpaired) electrons. The van der Waals surface area contributed by atoms with Crippen molar-refractivity contribution in [1.29, 1.82) is 0 Å². The number of carbonyl (C=O) groups excluding carboxylic acids is 1. The van der Waals surface area contributed by atoms with Crippen LogP contribution in [-0.4, -0.2) is 31.3 Å². The van der Waals surface area contributed by atoms with Gasteiger partial charge in [-0.25, -0.2) is 4.98 Å². The lowest BCUT2D eigenvalue weighted by Crippen LogP contribution is -2.08. The van der Waals surface area contributed by atoms with Gasteiger partial charge in [-0.1, -0.05) is 12.1 Å². The average Bonchev–Trinajstić information content (AvgIpc) is 3.23. The fourth-order valence-electron chi connectivity index (χ4n) is 2.82. The van der Waals surface area contributed by atoms with Gasteiger partial charge in [-0.15, -0.1) is 11.3 Å². The lowest BCUT2D eigenvalue weighted by molar-refractivity contribution is -0.144. The van der Waals surface area contributed by atoms with Gasteiger partial charge >= 0.3 is 5.97 Å². The van der Waals surface area contributed by atoms with Gasteiger partial charge < -0.3 is 18.9 Å². The molecule has 7 heteroatoms. The molecule has 1 aromatic heterocycles. The second-order valence-corrected chi connectivity index (χ2v) is 7.22. The fraction of sp³-hybridized carbons (Fsp3) is 0.304. The molecule has 0 aliphatic rings. The minimum absolute atomic E-state index is 0.139. The minimum atomic E-state index is -0.295. The summed E-state index contributed by atoms with van der Waals surface area (Å²) < 4.78 is 21.7. The molecule has 158 valence electrons. The van der Waals surface area contributed by atoms with Gasteiger partial charge in [0.15, 0.2) is 11.5 Å². The van der Waals surface area contributed by atoms with E-state index in [-0.39, 0.29) is 19.0 Å². The smallest absolute Gasteiger partial charge is 0.310 e. The van der Waals surface area contributed by atoms with Crippen molar-refractivity contribution in [2.45, 2.75) is 26.9 Å². The van der Waals surface area contributed by atoms with E-state index in [2.05, 4.69) is 4.98 Å². The Morgan fingerprint density at radius 3 is 2.47 bits per heavy atom. The molecule has 3 rings (SSSR count). The van der Waals surface area contributed by atoms with Gasteiger partial charge in [0.1, 0.15) is 17.4 Å². The van der Waals surface area contributed by atoms with E-state index in [4.69, 9.17) is 18.9 Å². The summed E-state index contributed by atoms with van der Waals surface area (Å²) in [6.07, 6.45) is 0.208. The zero-order valence-corrected chi connectivity index (χ0v) is 18.2. The summed E-state index contributed by atoms with van der Waals surface area (Å²) in [7, 11) is 1.61. The molecule has 0 unspecified atom stereocenters. The molecule has 0 amide bonds. The van der Waals surface area contributed by atoms with Crippen LogP contribution >= 0.6 is 11.3 Å². The first-order valence-corrected chi connectivity index (χ1v) is 10.6. The van der Waals surface area contributed by atoms with Gasteiger partial charge in [0.2, 0.25) is 0 Å². The average molecular weight is 428 g/mol. The van der Waals surface area contributed by atoms with Gasteiger partial charge in [0, 0.05) is 10.9 Å². The summed E-state index contributed by atoms with van der Waals surface area (Å²) in [5, 5.41) is 2.72. The van der Waals surface area contributed by atoms with Crippen molar-refractivity contribution in [3.63, 3.8) is 0 Å². The zero-order valence-electron chi connectivity index (χ0n) is 17.3. The Kier molecular flexibility index (Phi) is 7.68. The summed E-state index contributed by atoms with van der Waals surface area (Å²) in [5.74, 6) is 1.85. The van der Waals surface area contributed by atoms with E-state index in [0.29, 0.717) is 30.4 Å². The van der Waals surface area contributed by atoms with Gasteiger partial charge in [-0.2, -0.15) is 0 Å². The molecular weight excluding hydrogens is 402 g/mol. The number of esters is 1. The van der Waals surface area contributed by atoms with E-state index in [1.807, 2.05) is 61.7 Å². The van der Waals surface area contributed by atoms with Gasteiger partial charge in [-0.3, -0.25) is 4.79 Å². The maximum Gasteiger partial charge on any atom is 0.310 e. The van der Waals surface area contributed by atoms with E-state index in [1.165, 1.54) is 11.3 Å². The number of methoxy groups -OCH3 is 1. The summed E-state index contributed by atoms with van der Waals surface area (Å²) >= 11 is 1.49. The second kappa shape index (κ2) is 10.6. The number of nitrogens with zero attached hydrogens (tertiary/aromatic N) is 1. The molecule has 0 N–H and O–H groups in total. The number of rotatable bonds is 10. The Hall–Kier alpha value is -3.06. The van der Waals surface area contributed by atoms with Crippen molar-refractivity contribution in [2.75, 3.05) is 20.3 Å². The van der Waals surface area contributed by atoms with E-state index >= 15 is 0 Å². The van der Waals surface area contributed by atoms with Crippen LogP contribution in [0, 0.1) is 0 Å². The molecule has 2 aromatic carbocycles. The number of ether oxygens (including phenoxy) is 4. The Labute approximate surface area is 180 Å². The van der Waals surface area contributed by atoms with Crippen molar-refractivity contribution in [1.82, 2.24) is 4.98 Å². The predicted octanol–water partition coefficient (Wildman–Crippen LogP) is 4.90. The molecule has 1 heterocycles. The number of benzene rings is 2. The normalized spacial score (nSPS) is 10.5. The molecule has 0 atom stereocenters. The topological polar surface area (TPSA) is 66.9 Å². The third kappa shape index (κ3) is 5.73. The third-order valence-electron chi connectivity index (χ3n) is 4.23. The molecule has 3 aromatic rings. The number of thiazole rings is 1. The van der Waals surface area contributed by atoms with Crippen molar-refractivity contribution in [3.8, 4) is 27.8 Å². The molecule has 0 saturated heterocycles. The van der Waals surface area contributed by atoms with Crippen LogP contribution < -0.4 is 14.2 Å². The summed E-state index contributed by atoms with van der Waals surface area (Å²) in [6.45, 7) is 5.18. The number of hydrogen-bond donors (Lipinski definition) is 0. The molecule has 0 aliphatic carbocycles. The number of aromatic nitrogens is 1. The number of carbonyl (C=O) groups is 1. The standard InChI is InChI=1S/C23H25NO5S/c1-4-27-19-9-6-16(7-10-19)12-22(25)29-14-18-15-30-23(24-18)17-8-11-20(28-5-2)21(13-17)26-3/h6-11,13,15H,4-5,12,14H2,1-3H3. The Bertz CT molecular complexity index is 968. The molecule has 6 nitrogen and oxygen atoms in total. The summed E-state index contributed by atoms with van der Waals surface area (Å²) in [5.41, 5.74) is 2.51. The molecule has 30 heavy (non-hydrogen) atoms. The van der Waals surface area contributed by atoms with Crippen LogP contribution in [0.5, 0.6) is 17.2 Å². The van der Waals surface area contributed by atoms with Crippen molar-refractivity contribution in [3.05, 3.63) is 59.1 Å². The zero-order chi connectivity index (χ0) is 21.3. The first kappa shape index (κ1) is 21.6. The maximum absolute atomic E-state index is 12.1.